The van der Waals surface area contributed by atoms with Crippen LogP contribution < -0.4 is 10.6 Å². The van der Waals surface area contributed by atoms with Crippen LogP contribution in [0.4, 0.5) is 0 Å². The van der Waals surface area contributed by atoms with Gasteiger partial charge in [0.05, 0.1) is 6.04 Å². The molecule has 0 aromatic rings. The zero-order valence-electron chi connectivity index (χ0n) is 11.6. The Hall–Kier alpha value is -0.610. The Morgan fingerprint density at radius 3 is 2.47 bits per heavy atom. The maximum Gasteiger partial charge on any atom is 0.237 e. The van der Waals surface area contributed by atoms with Crippen molar-refractivity contribution >= 4 is 5.91 Å². The molecular formula is C13H28N2O2. The third-order valence-corrected chi connectivity index (χ3v) is 3.03. The highest BCUT2D eigenvalue weighted by Crippen LogP contribution is 2.02. The normalized spacial score (nSPS) is 16.3. The second-order valence-corrected chi connectivity index (χ2v) is 4.92. The van der Waals surface area contributed by atoms with Crippen molar-refractivity contribution in [3.63, 3.8) is 0 Å². The lowest BCUT2D eigenvalue weighted by Gasteiger charge is -2.17. The third kappa shape index (κ3) is 8.16. The summed E-state index contributed by atoms with van der Waals surface area (Å²) < 4.78 is 0. The first-order valence-corrected chi connectivity index (χ1v) is 6.65. The zero-order chi connectivity index (χ0) is 13.3. The van der Waals surface area contributed by atoms with Crippen molar-refractivity contribution in [1.82, 2.24) is 10.6 Å². The summed E-state index contributed by atoms with van der Waals surface area (Å²) in [5.41, 5.74) is 0. The second kappa shape index (κ2) is 9.42. The molecule has 0 aromatic carbocycles. The van der Waals surface area contributed by atoms with E-state index in [4.69, 9.17) is 5.11 Å². The molecule has 0 saturated heterocycles. The van der Waals surface area contributed by atoms with Gasteiger partial charge in [-0.25, -0.2) is 0 Å². The Morgan fingerprint density at radius 1 is 1.29 bits per heavy atom. The van der Waals surface area contributed by atoms with E-state index in [2.05, 4.69) is 17.6 Å². The minimum atomic E-state index is -0.145. The van der Waals surface area contributed by atoms with E-state index in [0.717, 1.165) is 25.8 Å². The maximum atomic E-state index is 11.7. The SMILES string of the molecule is CCC(C)NC(=O)C(C)NCCCC(C)CO. The molecule has 0 aliphatic heterocycles. The van der Waals surface area contributed by atoms with Crippen LogP contribution in [0.2, 0.25) is 0 Å². The van der Waals surface area contributed by atoms with Crippen molar-refractivity contribution in [2.24, 2.45) is 5.92 Å². The number of aliphatic hydroxyl groups is 1. The van der Waals surface area contributed by atoms with Crippen molar-refractivity contribution in [1.29, 1.82) is 0 Å². The lowest BCUT2D eigenvalue weighted by molar-refractivity contribution is -0.123. The molecule has 0 bridgehead atoms. The van der Waals surface area contributed by atoms with E-state index in [0.29, 0.717) is 5.92 Å². The van der Waals surface area contributed by atoms with Crippen molar-refractivity contribution < 1.29 is 9.90 Å². The van der Waals surface area contributed by atoms with Crippen LogP contribution in [-0.4, -0.2) is 36.2 Å². The van der Waals surface area contributed by atoms with Gasteiger partial charge >= 0.3 is 0 Å². The predicted molar refractivity (Wildman–Crippen MR) is 70.8 cm³/mol. The van der Waals surface area contributed by atoms with Crippen LogP contribution in [0.25, 0.3) is 0 Å². The minimum absolute atomic E-state index is 0.0644. The van der Waals surface area contributed by atoms with Crippen LogP contribution in [0, 0.1) is 5.92 Å². The maximum absolute atomic E-state index is 11.7. The van der Waals surface area contributed by atoms with Crippen molar-refractivity contribution in [3.8, 4) is 0 Å². The van der Waals surface area contributed by atoms with Gasteiger partial charge in [-0.15, -0.1) is 0 Å². The van der Waals surface area contributed by atoms with Gasteiger partial charge in [-0.1, -0.05) is 13.8 Å². The first-order valence-electron chi connectivity index (χ1n) is 6.65. The fourth-order valence-corrected chi connectivity index (χ4v) is 1.42. The summed E-state index contributed by atoms with van der Waals surface area (Å²) in [5, 5.41) is 15.0. The van der Waals surface area contributed by atoms with Crippen LogP contribution >= 0.6 is 0 Å². The average molecular weight is 244 g/mol. The number of hydrogen-bond donors (Lipinski definition) is 3. The van der Waals surface area contributed by atoms with E-state index in [1.165, 1.54) is 0 Å². The lowest BCUT2D eigenvalue weighted by atomic mass is 10.1. The number of carbonyl (C=O) groups is 1. The first kappa shape index (κ1) is 16.4. The molecule has 0 aromatic heterocycles. The van der Waals surface area contributed by atoms with E-state index in [-0.39, 0.29) is 24.6 Å². The van der Waals surface area contributed by atoms with Crippen molar-refractivity contribution in [3.05, 3.63) is 0 Å². The van der Waals surface area contributed by atoms with Gasteiger partial charge in [0.25, 0.3) is 0 Å². The number of rotatable bonds is 9. The molecular weight excluding hydrogens is 216 g/mol. The van der Waals surface area contributed by atoms with Crippen LogP contribution in [0.1, 0.15) is 47.0 Å². The van der Waals surface area contributed by atoms with Gasteiger partial charge in [-0.2, -0.15) is 0 Å². The monoisotopic (exact) mass is 244 g/mol. The minimum Gasteiger partial charge on any atom is -0.396 e. The van der Waals surface area contributed by atoms with E-state index >= 15 is 0 Å². The van der Waals surface area contributed by atoms with E-state index in [1.54, 1.807) is 0 Å². The van der Waals surface area contributed by atoms with Gasteiger partial charge in [0.1, 0.15) is 0 Å². The molecule has 4 heteroatoms. The van der Waals surface area contributed by atoms with Gasteiger partial charge in [0, 0.05) is 12.6 Å². The predicted octanol–water partition coefficient (Wildman–Crippen LogP) is 1.29. The molecule has 0 fully saturated rings. The summed E-state index contributed by atoms with van der Waals surface area (Å²) >= 11 is 0. The fraction of sp³-hybridized carbons (Fsp3) is 0.923. The Labute approximate surface area is 105 Å². The Bertz CT molecular complexity index is 210. The van der Waals surface area contributed by atoms with Gasteiger partial charge in [0.2, 0.25) is 5.91 Å². The van der Waals surface area contributed by atoms with Crippen LogP contribution in [-0.2, 0) is 4.79 Å². The molecule has 3 N–H and O–H groups in total. The molecule has 102 valence electrons. The molecule has 0 aliphatic carbocycles. The smallest absolute Gasteiger partial charge is 0.237 e. The van der Waals surface area contributed by atoms with Crippen molar-refractivity contribution in [2.75, 3.05) is 13.2 Å². The second-order valence-electron chi connectivity index (χ2n) is 4.92. The van der Waals surface area contributed by atoms with Crippen LogP contribution in [0.15, 0.2) is 0 Å². The van der Waals surface area contributed by atoms with Crippen LogP contribution in [0.5, 0.6) is 0 Å². The molecule has 17 heavy (non-hydrogen) atoms. The fourth-order valence-electron chi connectivity index (χ4n) is 1.42. The third-order valence-electron chi connectivity index (χ3n) is 3.03. The summed E-state index contributed by atoms with van der Waals surface area (Å²) in [7, 11) is 0. The average Bonchev–Trinajstić information content (AvgIpc) is 2.33. The quantitative estimate of drug-likeness (QED) is 0.536. The largest absolute Gasteiger partial charge is 0.396 e. The van der Waals surface area contributed by atoms with E-state index in [1.807, 2.05) is 20.8 Å². The summed E-state index contributed by atoms with van der Waals surface area (Å²) in [5.74, 6) is 0.413. The molecule has 0 rings (SSSR count). The highest BCUT2D eigenvalue weighted by Gasteiger charge is 2.13. The highest BCUT2D eigenvalue weighted by molar-refractivity contribution is 5.81. The molecule has 3 atom stereocenters. The number of carbonyl (C=O) groups excluding carboxylic acids is 1. The molecule has 0 saturated carbocycles. The lowest BCUT2D eigenvalue weighted by Crippen LogP contribution is -2.45. The Morgan fingerprint density at radius 2 is 1.94 bits per heavy atom. The molecule has 0 heterocycles. The standard InChI is InChI=1S/C13H28N2O2/c1-5-11(3)15-13(17)12(4)14-8-6-7-10(2)9-16/h10-12,14,16H,5-9H2,1-4H3,(H,15,17). The number of nitrogens with one attached hydrogen (secondary N) is 2. The number of aliphatic hydroxyl groups excluding tert-OH is 1. The summed E-state index contributed by atoms with van der Waals surface area (Å²) in [4.78, 5) is 11.7. The summed E-state index contributed by atoms with van der Waals surface area (Å²) in [6.45, 7) is 9.03. The first-order chi connectivity index (χ1) is 8.01. The van der Waals surface area contributed by atoms with Gasteiger partial charge in [-0.05, 0) is 45.6 Å². The highest BCUT2D eigenvalue weighted by atomic mass is 16.3. The van der Waals surface area contributed by atoms with E-state index in [9.17, 15) is 4.79 Å². The topological polar surface area (TPSA) is 61.4 Å². The van der Waals surface area contributed by atoms with Gasteiger partial charge < -0.3 is 15.7 Å². The zero-order valence-corrected chi connectivity index (χ0v) is 11.6. The van der Waals surface area contributed by atoms with Gasteiger partial charge in [-0.3, -0.25) is 4.79 Å². The molecule has 3 unspecified atom stereocenters. The molecule has 0 radical (unpaired) electrons. The Kier molecular flexibility index (Phi) is 9.09. The number of hydrogen-bond acceptors (Lipinski definition) is 3. The molecule has 4 nitrogen and oxygen atoms in total. The van der Waals surface area contributed by atoms with E-state index < -0.39 is 0 Å². The molecule has 1 amide bonds. The summed E-state index contributed by atoms with van der Waals surface area (Å²) in [6.07, 6.45) is 2.93. The molecule has 0 spiro atoms. The number of amides is 1. The van der Waals surface area contributed by atoms with Gasteiger partial charge in [0.15, 0.2) is 0 Å². The molecule has 0 aliphatic rings. The Balaban J connectivity index is 3.64. The van der Waals surface area contributed by atoms with Crippen LogP contribution in [0.3, 0.4) is 0 Å². The summed E-state index contributed by atoms with van der Waals surface area (Å²) in [6, 6.07) is 0.0922. The van der Waals surface area contributed by atoms with Crippen molar-refractivity contribution in [2.45, 2.75) is 59.0 Å².